The molecule has 1 aliphatic heterocycles. The van der Waals surface area contributed by atoms with Crippen LogP contribution in [0.2, 0.25) is 5.02 Å². The number of hydrogen-bond acceptors (Lipinski definition) is 7. The molecule has 1 aromatic carbocycles. The first kappa shape index (κ1) is 23.8. The minimum Gasteiger partial charge on any atom is -0.490 e. The van der Waals surface area contributed by atoms with Crippen LogP contribution in [0.15, 0.2) is 30.3 Å². The summed E-state index contributed by atoms with van der Waals surface area (Å²) >= 11 is 6.09. The molecule has 5 rings (SSSR count). The number of carbonyl (C=O) groups excluding carboxylic acids is 1. The maximum Gasteiger partial charge on any atom is 0.272 e. The maximum absolute atomic E-state index is 12.7. The molecule has 1 saturated heterocycles. The molecule has 1 spiro atoms. The second kappa shape index (κ2) is 10.00. The number of nitriles is 1. The number of piperidine rings is 1. The van der Waals surface area contributed by atoms with Crippen molar-refractivity contribution in [3.8, 4) is 11.8 Å². The Morgan fingerprint density at radius 2 is 1.89 bits per heavy atom. The average Bonchev–Trinajstić information content (AvgIpc) is 2.85. The van der Waals surface area contributed by atoms with Gasteiger partial charge in [-0.05, 0) is 81.0 Å². The van der Waals surface area contributed by atoms with Crippen LogP contribution >= 0.6 is 11.6 Å². The van der Waals surface area contributed by atoms with Crippen LogP contribution in [0.4, 0.5) is 5.82 Å². The lowest BCUT2D eigenvalue weighted by atomic mass is 9.61. The Morgan fingerprint density at radius 3 is 2.49 bits per heavy atom. The van der Waals surface area contributed by atoms with Gasteiger partial charge < -0.3 is 20.1 Å². The molecule has 3 fully saturated rings. The van der Waals surface area contributed by atoms with Gasteiger partial charge in [0.25, 0.3) is 5.91 Å². The summed E-state index contributed by atoms with van der Waals surface area (Å²) in [5.74, 6) is 1.26. The summed E-state index contributed by atoms with van der Waals surface area (Å²) in [6.45, 7) is 1.82. The quantitative estimate of drug-likeness (QED) is 0.647. The molecule has 2 N–H and O–H groups in total. The molecule has 2 saturated carbocycles. The summed E-state index contributed by atoms with van der Waals surface area (Å²) in [6, 6.07) is 10.8. The molecular weight excluding hydrogens is 466 g/mol. The molecule has 3 aliphatic rings. The highest BCUT2D eigenvalue weighted by Crippen LogP contribution is 2.49. The molecule has 8 nitrogen and oxygen atoms in total. The zero-order valence-corrected chi connectivity index (χ0v) is 20.4. The minimum atomic E-state index is -0.201. The van der Waals surface area contributed by atoms with Gasteiger partial charge in [0, 0.05) is 25.2 Å². The van der Waals surface area contributed by atoms with Gasteiger partial charge in [-0.15, -0.1) is 10.2 Å². The molecule has 0 unspecified atom stereocenters. The fourth-order valence-corrected chi connectivity index (χ4v) is 5.82. The first-order chi connectivity index (χ1) is 16.9. The van der Waals surface area contributed by atoms with Crippen LogP contribution in [0, 0.1) is 16.7 Å². The Labute approximate surface area is 210 Å². The normalized spacial score (nSPS) is 23.9. The highest BCUT2D eigenvalue weighted by molar-refractivity contribution is 6.31. The van der Waals surface area contributed by atoms with Gasteiger partial charge in [-0.1, -0.05) is 11.6 Å². The molecule has 9 heteroatoms. The van der Waals surface area contributed by atoms with Crippen molar-refractivity contribution >= 4 is 23.3 Å². The predicted molar refractivity (Wildman–Crippen MR) is 131 cm³/mol. The van der Waals surface area contributed by atoms with Gasteiger partial charge in [0.1, 0.15) is 11.8 Å². The van der Waals surface area contributed by atoms with Gasteiger partial charge in [0.15, 0.2) is 11.5 Å². The lowest BCUT2D eigenvalue weighted by Gasteiger charge is -2.50. The van der Waals surface area contributed by atoms with Crippen LogP contribution in [-0.4, -0.2) is 52.6 Å². The van der Waals surface area contributed by atoms with E-state index in [9.17, 15) is 9.90 Å². The van der Waals surface area contributed by atoms with Crippen LogP contribution in [0.5, 0.6) is 5.75 Å². The van der Waals surface area contributed by atoms with Gasteiger partial charge in [-0.2, -0.15) is 5.26 Å². The van der Waals surface area contributed by atoms with Crippen molar-refractivity contribution in [2.24, 2.45) is 5.41 Å². The van der Waals surface area contributed by atoms with Crippen molar-refractivity contribution in [3.05, 3.63) is 46.6 Å². The van der Waals surface area contributed by atoms with Crippen LogP contribution in [0.25, 0.3) is 0 Å². The van der Waals surface area contributed by atoms with Gasteiger partial charge >= 0.3 is 0 Å². The van der Waals surface area contributed by atoms with E-state index in [1.54, 1.807) is 24.3 Å². The van der Waals surface area contributed by atoms with E-state index >= 15 is 0 Å². The van der Waals surface area contributed by atoms with Crippen molar-refractivity contribution < 1.29 is 14.6 Å². The number of halogens is 1. The largest absolute Gasteiger partial charge is 0.490 e. The van der Waals surface area contributed by atoms with Crippen LogP contribution in [-0.2, 0) is 0 Å². The van der Waals surface area contributed by atoms with E-state index < -0.39 is 0 Å². The van der Waals surface area contributed by atoms with E-state index in [0.29, 0.717) is 27.4 Å². The zero-order chi connectivity index (χ0) is 24.4. The van der Waals surface area contributed by atoms with Crippen molar-refractivity contribution in [2.45, 2.75) is 69.6 Å². The summed E-state index contributed by atoms with van der Waals surface area (Å²) in [5, 5.41) is 30.6. The third kappa shape index (κ3) is 5.36. The highest BCUT2D eigenvalue weighted by atomic mass is 35.5. The number of carbonyl (C=O) groups is 1. The molecule has 1 amide bonds. The van der Waals surface area contributed by atoms with Crippen LogP contribution in [0.3, 0.4) is 0 Å². The average molecular weight is 496 g/mol. The van der Waals surface area contributed by atoms with Crippen molar-refractivity contribution in [1.29, 1.82) is 5.26 Å². The molecule has 0 bridgehead atoms. The summed E-state index contributed by atoms with van der Waals surface area (Å²) in [7, 11) is 0. The lowest BCUT2D eigenvalue weighted by Crippen LogP contribution is -2.49. The van der Waals surface area contributed by atoms with E-state index in [1.165, 1.54) is 0 Å². The number of rotatable bonds is 5. The Kier molecular flexibility index (Phi) is 6.81. The van der Waals surface area contributed by atoms with Crippen molar-refractivity contribution in [3.63, 3.8) is 0 Å². The molecule has 2 heterocycles. The molecule has 0 radical (unpaired) electrons. The number of anilines is 1. The Bertz CT molecular complexity index is 1090. The number of hydrogen-bond donors (Lipinski definition) is 2. The van der Waals surface area contributed by atoms with E-state index in [2.05, 4.69) is 20.4 Å². The Balaban J connectivity index is 1.07. The number of aliphatic hydroxyl groups excluding tert-OH is 1. The van der Waals surface area contributed by atoms with Gasteiger partial charge in [0.2, 0.25) is 0 Å². The first-order valence-electron chi connectivity index (χ1n) is 12.4. The standard InChI is InChI=1S/C26H30ClN5O3/c27-22-13-21(4-1-17(22)16-28)35-20-5-2-18(3-6-20)29-25(34)23-7-8-24(31-30-23)32-11-9-26(10-12-32)14-19(33)15-26/h1,4,7-8,13,18-20,33H,2-3,5-6,9-12,14-15H2,(H,29,34). The van der Waals surface area contributed by atoms with Gasteiger partial charge in [-0.3, -0.25) is 4.79 Å². The van der Waals surface area contributed by atoms with Gasteiger partial charge in [-0.25, -0.2) is 0 Å². The fourth-order valence-electron chi connectivity index (χ4n) is 5.61. The SMILES string of the molecule is N#Cc1ccc(OC2CCC(NC(=O)c3ccc(N4CCC5(CC4)CC(O)C5)nn3)CC2)cc1Cl. The van der Waals surface area contributed by atoms with E-state index in [1.807, 2.05) is 12.1 Å². The summed E-state index contributed by atoms with van der Waals surface area (Å²) in [5.41, 5.74) is 1.08. The third-order valence-electron chi connectivity index (χ3n) is 7.74. The van der Waals surface area contributed by atoms with E-state index in [-0.39, 0.29) is 24.2 Å². The number of benzene rings is 1. The number of ether oxygens (including phenoxy) is 1. The van der Waals surface area contributed by atoms with E-state index in [0.717, 1.165) is 70.3 Å². The Morgan fingerprint density at radius 1 is 1.14 bits per heavy atom. The van der Waals surface area contributed by atoms with Gasteiger partial charge in [0.05, 0.1) is 22.8 Å². The second-order valence-electron chi connectivity index (χ2n) is 10.1. The fraction of sp³-hybridized carbons (Fsp3) is 0.538. The zero-order valence-electron chi connectivity index (χ0n) is 19.6. The molecule has 1 aromatic heterocycles. The molecule has 184 valence electrons. The number of nitrogens with zero attached hydrogens (tertiary/aromatic N) is 4. The monoisotopic (exact) mass is 495 g/mol. The topological polar surface area (TPSA) is 111 Å². The molecule has 2 aliphatic carbocycles. The Hall–Kier alpha value is -2.89. The lowest BCUT2D eigenvalue weighted by molar-refractivity contribution is -0.0464. The number of amides is 1. The number of aliphatic hydroxyl groups is 1. The van der Waals surface area contributed by atoms with Crippen LogP contribution in [0.1, 0.15) is 67.4 Å². The summed E-state index contributed by atoms with van der Waals surface area (Å²) in [6.07, 6.45) is 7.18. The molecule has 2 aromatic rings. The third-order valence-corrected chi connectivity index (χ3v) is 8.05. The number of aromatic nitrogens is 2. The molecular formula is C26H30ClN5O3. The smallest absolute Gasteiger partial charge is 0.272 e. The highest BCUT2D eigenvalue weighted by Gasteiger charge is 2.45. The second-order valence-corrected chi connectivity index (χ2v) is 10.6. The summed E-state index contributed by atoms with van der Waals surface area (Å²) in [4.78, 5) is 14.9. The molecule has 0 atom stereocenters. The first-order valence-corrected chi connectivity index (χ1v) is 12.7. The maximum atomic E-state index is 12.7. The summed E-state index contributed by atoms with van der Waals surface area (Å²) < 4.78 is 6.03. The van der Waals surface area contributed by atoms with E-state index in [4.69, 9.17) is 21.6 Å². The number of nitrogens with one attached hydrogen (secondary N) is 1. The van der Waals surface area contributed by atoms with Crippen LogP contribution < -0.4 is 15.0 Å². The predicted octanol–water partition coefficient (Wildman–Crippen LogP) is 3.86. The molecule has 35 heavy (non-hydrogen) atoms. The van der Waals surface area contributed by atoms with Crippen molar-refractivity contribution in [1.82, 2.24) is 15.5 Å². The van der Waals surface area contributed by atoms with Crippen molar-refractivity contribution in [2.75, 3.05) is 18.0 Å². The minimum absolute atomic E-state index is 0.0538.